The molecule has 0 aliphatic heterocycles. The molecule has 5 aromatic rings. The Hall–Kier alpha value is -2.24. The van der Waals surface area contributed by atoms with Crippen molar-refractivity contribution < 1.29 is 0 Å². The summed E-state index contributed by atoms with van der Waals surface area (Å²) in [4.78, 5) is 9.54. The van der Waals surface area contributed by atoms with Gasteiger partial charge in [0, 0.05) is 0 Å². The van der Waals surface area contributed by atoms with E-state index in [4.69, 9.17) is 9.97 Å². The van der Waals surface area contributed by atoms with Gasteiger partial charge in [-0.05, 0) is 0 Å². The first-order chi connectivity index (χ1) is 14.6. The first kappa shape index (κ1) is 20.7. The van der Waals surface area contributed by atoms with Crippen molar-refractivity contribution in [3.05, 3.63) is 66.5 Å². The Kier molecular flexibility index (Phi) is 4.76. The minimum absolute atomic E-state index is 0.0505. The average Bonchev–Trinajstić information content (AvgIpc) is 3.10. The van der Waals surface area contributed by atoms with E-state index in [1.807, 2.05) is 11.3 Å². The zero-order valence-electron chi connectivity index (χ0n) is 19.1. The van der Waals surface area contributed by atoms with E-state index in [0.717, 1.165) is 11.2 Å². The Balaban J connectivity index is 1.85. The van der Waals surface area contributed by atoms with E-state index in [9.17, 15) is 0 Å². The van der Waals surface area contributed by atoms with Gasteiger partial charge in [0.1, 0.15) is 0 Å². The molecule has 0 saturated carbocycles. The van der Waals surface area contributed by atoms with Crippen LogP contribution in [0.1, 0.15) is 26.3 Å². The monoisotopic (exact) mass is 486 g/mol. The van der Waals surface area contributed by atoms with Crippen LogP contribution in [0.15, 0.2) is 60.9 Å². The quantitative estimate of drug-likeness (QED) is 0.242. The van der Waals surface area contributed by atoms with Crippen molar-refractivity contribution in [3.63, 3.8) is 0 Å². The van der Waals surface area contributed by atoms with Crippen LogP contribution in [0, 0.1) is 0 Å². The number of hydrogen-bond donors (Lipinski definition) is 0. The third-order valence-electron chi connectivity index (χ3n) is 6.03. The number of fused-ring (bicyclic) bond motifs is 4. The van der Waals surface area contributed by atoms with Crippen LogP contribution in [0.25, 0.3) is 42.3 Å². The van der Waals surface area contributed by atoms with Crippen molar-refractivity contribution in [2.45, 2.75) is 43.5 Å². The molecule has 0 N–H and O–H groups in total. The van der Waals surface area contributed by atoms with Gasteiger partial charge in [0.2, 0.25) is 0 Å². The standard InChI is InChI=1S/C27H28GeN2S/c1-27(2,3)21-15-18(14-17-10-7-8-11-19(17)21)23-26-24(30-16-29-23)20-12-9-13-22(25(20)31-26)28(4,5)6/h7-16H,1-6H3. The minimum atomic E-state index is -2.01. The van der Waals surface area contributed by atoms with E-state index in [0.29, 0.717) is 0 Å². The molecule has 0 unspecified atom stereocenters. The maximum atomic E-state index is 4.81. The van der Waals surface area contributed by atoms with Gasteiger partial charge in [-0.25, -0.2) is 0 Å². The van der Waals surface area contributed by atoms with Gasteiger partial charge in [0.25, 0.3) is 0 Å². The van der Waals surface area contributed by atoms with Crippen molar-refractivity contribution in [1.82, 2.24) is 9.97 Å². The summed E-state index contributed by atoms with van der Waals surface area (Å²) in [5, 5.41) is 3.87. The van der Waals surface area contributed by atoms with E-state index in [2.05, 4.69) is 92.6 Å². The molecule has 31 heavy (non-hydrogen) atoms. The Labute approximate surface area is 190 Å². The second-order valence-corrected chi connectivity index (χ2v) is 22.0. The Bertz CT molecular complexity index is 1450. The third kappa shape index (κ3) is 3.48. The molecule has 0 amide bonds. The van der Waals surface area contributed by atoms with Gasteiger partial charge in [-0.1, -0.05) is 0 Å². The molecule has 2 nitrogen and oxygen atoms in total. The van der Waals surface area contributed by atoms with Crippen LogP contribution >= 0.6 is 11.3 Å². The summed E-state index contributed by atoms with van der Waals surface area (Å²) in [6, 6.07) is 20.1. The van der Waals surface area contributed by atoms with Gasteiger partial charge < -0.3 is 0 Å². The molecule has 0 spiro atoms. The van der Waals surface area contributed by atoms with E-state index in [1.54, 1.807) is 10.7 Å². The van der Waals surface area contributed by atoms with Crippen molar-refractivity contribution in [3.8, 4) is 11.3 Å². The molecule has 0 bridgehead atoms. The molecule has 0 saturated heterocycles. The molecule has 3 aromatic carbocycles. The SMILES string of the molecule is CC(C)(C)c1cc(-c2ncnc3c2sc2[c]([Ge]([CH3])([CH3])[CH3])cccc23)cc2ccccc12. The van der Waals surface area contributed by atoms with Crippen LogP contribution < -0.4 is 4.40 Å². The third-order valence-corrected chi connectivity index (χ3v) is 11.9. The van der Waals surface area contributed by atoms with E-state index < -0.39 is 13.3 Å². The molecule has 0 aliphatic carbocycles. The first-order valence-electron chi connectivity index (χ1n) is 10.8. The van der Waals surface area contributed by atoms with Gasteiger partial charge in [-0.2, -0.15) is 0 Å². The normalized spacial score (nSPS) is 12.8. The van der Waals surface area contributed by atoms with Crippen LogP contribution in [0.4, 0.5) is 0 Å². The number of benzene rings is 3. The van der Waals surface area contributed by atoms with Crippen LogP contribution in [0.2, 0.25) is 17.3 Å². The maximum absolute atomic E-state index is 4.81. The van der Waals surface area contributed by atoms with Gasteiger partial charge in [-0.15, -0.1) is 0 Å². The molecule has 2 heterocycles. The first-order valence-corrected chi connectivity index (χ1v) is 19.0. The fourth-order valence-electron chi connectivity index (χ4n) is 4.46. The zero-order chi connectivity index (χ0) is 22.0. The fraction of sp³-hybridized carbons (Fsp3) is 0.259. The molecule has 0 radical (unpaired) electrons. The molecule has 0 atom stereocenters. The Morgan fingerprint density at radius 1 is 0.806 bits per heavy atom. The van der Waals surface area contributed by atoms with Crippen LogP contribution in [-0.2, 0) is 5.41 Å². The van der Waals surface area contributed by atoms with Gasteiger partial charge >= 0.3 is 191 Å². The second-order valence-electron chi connectivity index (χ2n) is 10.4. The molecule has 156 valence electrons. The van der Waals surface area contributed by atoms with Crippen LogP contribution in [-0.4, -0.2) is 23.2 Å². The van der Waals surface area contributed by atoms with Gasteiger partial charge in [0.05, 0.1) is 0 Å². The number of rotatable bonds is 2. The topological polar surface area (TPSA) is 25.8 Å². The second kappa shape index (κ2) is 7.14. The molecule has 5 rings (SSSR count). The molecular weight excluding hydrogens is 457 g/mol. The predicted octanol–water partition coefficient (Wildman–Crippen LogP) is 7.51. The Morgan fingerprint density at radius 2 is 1.55 bits per heavy atom. The summed E-state index contributed by atoms with van der Waals surface area (Å²) in [5.41, 5.74) is 4.73. The molecule has 2 aromatic heterocycles. The Morgan fingerprint density at radius 3 is 2.29 bits per heavy atom. The molecule has 0 aliphatic rings. The van der Waals surface area contributed by atoms with Gasteiger partial charge in [0.15, 0.2) is 0 Å². The summed E-state index contributed by atoms with van der Waals surface area (Å²) in [6.07, 6.45) is 1.74. The van der Waals surface area contributed by atoms with E-state index >= 15 is 0 Å². The zero-order valence-corrected chi connectivity index (χ0v) is 22.0. The number of hydrogen-bond acceptors (Lipinski definition) is 3. The summed E-state index contributed by atoms with van der Waals surface area (Å²) < 4.78 is 4.16. The summed E-state index contributed by atoms with van der Waals surface area (Å²) in [5.74, 6) is 7.39. The van der Waals surface area contributed by atoms with Crippen molar-refractivity contribution in [2.75, 3.05) is 0 Å². The van der Waals surface area contributed by atoms with Gasteiger partial charge in [-0.3, -0.25) is 0 Å². The van der Waals surface area contributed by atoms with Crippen molar-refractivity contribution in [1.29, 1.82) is 0 Å². The molecular formula is C27H28GeN2S. The summed E-state index contributed by atoms with van der Waals surface area (Å²) >= 11 is -0.129. The van der Waals surface area contributed by atoms with Crippen molar-refractivity contribution in [2.24, 2.45) is 0 Å². The predicted molar refractivity (Wildman–Crippen MR) is 140 cm³/mol. The van der Waals surface area contributed by atoms with Crippen molar-refractivity contribution >= 4 is 60.1 Å². The number of nitrogens with zero attached hydrogens (tertiary/aromatic N) is 2. The molecule has 4 heteroatoms. The fourth-order valence-corrected chi connectivity index (χ4v) is 10.5. The molecule has 0 fully saturated rings. The number of aromatic nitrogens is 2. The summed E-state index contributed by atoms with van der Waals surface area (Å²) in [7, 11) is 0. The van der Waals surface area contributed by atoms with E-state index in [-0.39, 0.29) is 5.41 Å². The average molecular weight is 485 g/mol. The van der Waals surface area contributed by atoms with Crippen LogP contribution in [0.3, 0.4) is 0 Å². The summed E-state index contributed by atoms with van der Waals surface area (Å²) in [6.45, 7) is 6.86. The van der Waals surface area contributed by atoms with Crippen LogP contribution in [0.5, 0.6) is 0 Å². The van der Waals surface area contributed by atoms with E-state index in [1.165, 1.54) is 36.7 Å². The number of thiophene rings is 1.